The average Bonchev–Trinajstić information content (AvgIpc) is 2.83. The Morgan fingerprint density at radius 3 is 2.48 bits per heavy atom. The molecule has 0 aliphatic rings. The smallest absolute Gasteiger partial charge is 0.270 e. The Labute approximate surface area is 190 Å². The number of nitro groups is 1. The number of allylic oxidation sites excluding steroid dienone is 1. The van der Waals surface area contributed by atoms with Crippen molar-refractivity contribution in [1.82, 2.24) is 0 Å². The Bertz CT molecular complexity index is 1170. The van der Waals surface area contributed by atoms with Gasteiger partial charge in [-0.25, -0.2) is 0 Å². The highest BCUT2D eigenvalue weighted by Gasteiger charge is 2.11. The van der Waals surface area contributed by atoms with Crippen molar-refractivity contribution >= 4 is 29.1 Å². The topological polar surface area (TPSA) is 108 Å². The summed E-state index contributed by atoms with van der Waals surface area (Å²) in [6, 6.07) is 19.6. The average molecular weight is 446 g/mol. The number of ether oxygens (including phenoxy) is 2. The fourth-order valence-corrected chi connectivity index (χ4v) is 2.92. The van der Waals surface area contributed by atoms with Crippen LogP contribution in [0.25, 0.3) is 6.08 Å². The lowest BCUT2D eigenvalue weighted by Gasteiger charge is -2.12. The van der Waals surface area contributed by atoms with E-state index in [0.29, 0.717) is 29.4 Å². The van der Waals surface area contributed by atoms with E-state index in [4.69, 9.17) is 9.47 Å². The van der Waals surface area contributed by atoms with Crippen LogP contribution in [0.15, 0.2) is 78.9 Å². The molecule has 1 amide bonds. The second-order valence-electron chi connectivity index (χ2n) is 6.85. The molecule has 8 nitrogen and oxygen atoms in total. The molecular formula is C25H22N2O6. The fourth-order valence-electron chi connectivity index (χ4n) is 2.92. The molecule has 3 aromatic rings. The van der Waals surface area contributed by atoms with Crippen molar-refractivity contribution in [2.75, 3.05) is 18.5 Å². The minimum atomic E-state index is -0.548. The number of nitro benzene ring substituents is 1. The van der Waals surface area contributed by atoms with Crippen molar-refractivity contribution in [2.45, 2.75) is 6.92 Å². The highest BCUT2D eigenvalue weighted by Crippen LogP contribution is 2.29. The second kappa shape index (κ2) is 11.2. The third kappa shape index (κ3) is 6.76. The number of nitrogens with zero attached hydrogens (tertiary/aromatic N) is 1. The summed E-state index contributed by atoms with van der Waals surface area (Å²) in [6.07, 6.45) is 2.91. The first-order valence-electron chi connectivity index (χ1n) is 10.2. The molecule has 168 valence electrons. The molecule has 3 aromatic carbocycles. The molecule has 0 aliphatic carbocycles. The molecule has 0 saturated carbocycles. The summed E-state index contributed by atoms with van der Waals surface area (Å²) in [6.45, 7) is 2.00. The zero-order chi connectivity index (χ0) is 23.6. The maximum Gasteiger partial charge on any atom is 0.270 e. The Balaban J connectivity index is 1.67. The summed E-state index contributed by atoms with van der Waals surface area (Å²) >= 11 is 0. The van der Waals surface area contributed by atoms with E-state index in [2.05, 4.69) is 5.32 Å². The van der Waals surface area contributed by atoms with Gasteiger partial charge in [-0.2, -0.15) is 0 Å². The van der Waals surface area contributed by atoms with Crippen molar-refractivity contribution < 1.29 is 24.0 Å². The van der Waals surface area contributed by atoms with Gasteiger partial charge in [0.25, 0.3) is 11.6 Å². The lowest BCUT2D eigenvalue weighted by atomic mass is 10.1. The van der Waals surface area contributed by atoms with Crippen molar-refractivity contribution in [3.05, 3.63) is 100 Å². The third-order valence-corrected chi connectivity index (χ3v) is 4.45. The van der Waals surface area contributed by atoms with E-state index in [1.165, 1.54) is 30.3 Å². The number of para-hydroxylation sites is 1. The number of carbonyl (C=O) groups is 2. The SMILES string of the molecule is CCOc1cc(/C=C/C(=O)c2cccc([N+](=O)[O-])c2)ccc1OCC(=O)Nc1ccccc1. The number of hydrogen-bond acceptors (Lipinski definition) is 6. The van der Waals surface area contributed by atoms with Crippen LogP contribution in [0.3, 0.4) is 0 Å². The first-order chi connectivity index (χ1) is 16.0. The van der Waals surface area contributed by atoms with Gasteiger partial charge in [0.1, 0.15) is 0 Å². The van der Waals surface area contributed by atoms with Crippen LogP contribution < -0.4 is 14.8 Å². The van der Waals surface area contributed by atoms with Crippen LogP contribution in [-0.2, 0) is 4.79 Å². The normalized spacial score (nSPS) is 10.6. The molecule has 0 radical (unpaired) electrons. The van der Waals surface area contributed by atoms with E-state index < -0.39 is 4.92 Å². The monoisotopic (exact) mass is 446 g/mol. The standard InChI is InChI=1S/C25H22N2O6/c1-2-32-24-15-18(11-13-22(28)19-7-6-10-21(16-19)27(30)31)12-14-23(24)33-17-25(29)26-20-8-4-3-5-9-20/h3-16H,2,17H2,1H3,(H,26,29)/b13-11+. The zero-order valence-corrected chi connectivity index (χ0v) is 17.9. The summed E-state index contributed by atoms with van der Waals surface area (Å²) in [7, 11) is 0. The van der Waals surface area contributed by atoms with Crippen LogP contribution in [0.2, 0.25) is 0 Å². The predicted octanol–water partition coefficient (Wildman–Crippen LogP) is 4.91. The number of amides is 1. The number of carbonyl (C=O) groups excluding carboxylic acids is 2. The highest BCUT2D eigenvalue weighted by molar-refractivity contribution is 6.07. The van der Waals surface area contributed by atoms with E-state index >= 15 is 0 Å². The Kier molecular flexibility index (Phi) is 7.91. The van der Waals surface area contributed by atoms with Crippen LogP contribution >= 0.6 is 0 Å². The molecule has 0 bridgehead atoms. The molecular weight excluding hydrogens is 424 g/mol. The van der Waals surface area contributed by atoms with Gasteiger partial charge in [-0.15, -0.1) is 0 Å². The molecule has 8 heteroatoms. The van der Waals surface area contributed by atoms with Crippen LogP contribution in [0, 0.1) is 10.1 Å². The molecule has 0 saturated heterocycles. The van der Waals surface area contributed by atoms with E-state index in [1.807, 2.05) is 25.1 Å². The van der Waals surface area contributed by atoms with Gasteiger partial charge in [-0.1, -0.05) is 42.5 Å². The Hall–Kier alpha value is -4.46. The molecule has 0 spiro atoms. The van der Waals surface area contributed by atoms with Gasteiger partial charge < -0.3 is 14.8 Å². The van der Waals surface area contributed by atoms with E-state index in [0.717, 1.165) is 0 Å². The maximum atomic E-state index is 12.4. The van der Waals surface area contributed by atoms with Crippen LogP contribution in [-0.4, -0.2) is 29.8 Å². The number of nitrogens with one attached hydrogen (secondary N) is 1. The van der Waals surface area contributed by atoms with Gasteiger partial charge in [-0.05, 0) is 42.8 Å². The minimum absolute atomic E-state index is 0.148. The lowest BCUT2D eigenvalue weighted by Crippen LogP contribution is -2.20. The van der Waals surface area contributed by atoms with Gasteiger partial charge in [-0.3, -0.25) is 19.7 Å². The zero-order valence-electron chi connectivity index (χ0n) is 17.9. The highest BCUT2D eigenvalue weighted by atomic mass is 16.6. The van der Waals surface area contributed by atoms with Gasteiger partial charge in [0.05, 0.1) is 11.5 Å². The summed E-state index contributed by atoms with van der Waals surface area (Å²) in [5.41, 5.74) is 1.41. The quantitative estimate of drug-likeness (QED) is 0.205. The van der Waals surface area contributed by atoms with Gasteiger partial charge in [0, 0.05) is 23.4 Å². The molecule has 0 unspecified atom stereocenters. The van der Waals surface area contributed by atoms with E-state index in [1.54, 1.807) is 36.4 Å². The van der Waals surface area contributed by atoms with Crippen molar-refractivity contribution in [2.24, 2.45) is 0 Å². The number of ketones is 1. The number of anilines is 1. The first kappa shape index (κ1) is 23.2. The van der Waals surface area contributed by atoms with Gasteiger partial charge in [0.15, 0.2) is 23.9 Å². The molecule has 0 fully saturated rings. The first-order valence-corrected chi connectivity index (χ1v) is 10.2. The summed E-state index contributed by atoms with van der Waals surface area (Å²) < 4.78 is 11.2. The molecule has 3 rings (SSSR count). The largest absolute Gasteiger partial charge is 0.490 e. The molecule has 0 aliphatic heterocycles. The van der Waals surface area contributed by atoms with Crippen LogP contribution in [0.5, 0.6) is 11.5 Å². The Morgan fingerprint density at radius 2 is 1.76 bits per heavy atom. The molecule has 0 heterocycles. The van der Waals surface area contributed by atoms with Gasteiger partial charge >= 0.3 is 0 Å². The second-order valence-corrected chi connectivity index (χ2v) is 6.85. The molecule has 1 N–H and O–H groups in total. The van der Waals surface area contributed by atoms with Crippen molar-refractivity contribution in [3.63, 3.8) is 0 Å². The minimum Gasteiger partial charge on any atom is -0.490 e. The number of benzene rings is 3. The number of rotatable bonds is 10. The summed E-state index contributed by atoms with van der Waals surface area (Å²) in [5, 5.41) is 13.6. The van der Waals surface area contributed by atoms with Gasteiger partial charge in [0.2, 0.25) is 0 Å². The van der Waals surface area contributed by atoms with Crippen molar-refractivity contribution in [3.8, 4) is 11.5 Å². The fraction of sp³-hybridized carbons (Fsp3) is 0.120. The van der Waals surface area contributed by atoms with Crippen LogP contribution in [0.4, 0.5) is 11.4 Å². The molecule has 0 atom stereocenters. The lowest BCUT2D eigenvalue weighted by molar-refractivity contribution is -0.384. The number of non-ortho nitro benzene ring substituents is 1. The van der Waals surface area contributed by atoms with Crippen LogP contribution in [0.1, 0.15) is 22.8 Å². The summed E-state index contributed by atoms with van der Waals surface area (Å²) in [5.74, 6) is 0.141. The summed E-state index contributed by atoms with van der Waals surface area (Å²) in [4.78, 5) is 34.9. The van der Waals surface area contributed by atoms with E-state index in [-0.39, 0.29) is 29.5 Å². The third-order valence-electron chi connectivity index (χ3n) is 4.45. The Morgan fingerprint density at radius 1 is 0.970 bits per heavy atom. The van der Waals surface area contributed by atoms with E-state index in [9.17, 15) is 19.7 Å². The maximum absolute atomic E-state index is 12.4. The predicted molar refractivity (Wildman–Crippen MR) is 125 cm³/mol. The molecule has 0 aromatic heterocycles. The molecule has 33 heavy (non-hydrogen) atoms. The van der Waals surface area contributed by atoms with Crippen molar-refractivity contribution in [1.29, 1.82) is 0 Å². The number of hydrogen-bond donors (Lipinski definition) is 1.